The van der Waals surface area contributed by atoms with Gasteiger partial charge in [0.15, 0.2) is 11.5 Å². The second-order valence-electron chi connectivity index (χ2n) is 24.8. The second kappa shape index (κ2) is 17.0. The van der Waals surface area contributed by atoms with Crippen molar-refractivity contribution in [1.82, 2.24) is 0 Å². The molecule has 0 aliphatic carbocycles. The topological polar surface area (TPSA) is 38.1 Å². The number of rotatable bonds is 5. The van der Waals surface area contributed by atoms with Gasteiger partial charge in [0, 0.05) is 33.5 Å². The van der Waals surface area contributed by atoms with E-state index in [1.54, 1.807) is 0 Å². The van der Waals surface area contributed by atoms with Crippen LogP contribution in [0.1, 0.15) is 95.7 Å². The lowest BCUT2D eigenvalue weighted by Crippen LogP contribution is -2.61. The summed E-state index contributed by atoms with van der Waals surface area (Å²) in [7, 11) is 0. The van der Waals surface area contributed by atoms with E-state index >= 15 is 0 Å². The van der Waals surface area contributed by atoms with Crippen LogP contribution in [0.4, 0.5) is 34.1 Å². The molecule has 0 bridgehead atoms. The summed E-state index contributed by atoms with van der Waals surface area (Å²) in [5.74, 6) is 1.56. The van der Waals surface area contributed by atoms with Crippen molar-refractivity contribution in [2.24, 2.45) is 0 Å². The highest BCUT2D eigenvalue weighted by molar-refractivity contribution is 7.00. The Balaban J connectivity index is 1.10. The van der Waals surface area contributed by atoms with Crippen molar-refractivity contribution in [1.29, 1.82) is 0 Å². The van der Waals surface area contributed by atoms with Crippen LogP contribution in [0.2, 0.25) is 0 Å². The molecule has 0 unspecified atom stereocenters. The summed E-state index contributed by atoms with van der Waals surface area (Å²) in [6.45, 7) is 27.4. The minimum absolute atomic E-state index is 0.0167. The highest BCUT2D eigenvalue weighted by Crippen LogP contribution is 2.53. The number of para-hydroxylation sites is 1. The van der Waals surface area contributed by atoms with Gasteiger partial charge in [-0.25, -0.2) is 0 Å². The van der Waals surface area contributed by atoms with Crippen molar-refractivity contribution in [3.05, 3.63) is 197 Å². The molecule has 76 heavy (non-hydrogen) atoms. The van der Waals surface area contributed by atoms with Gasteiger partial charge < -0.3 is 23.7 Å². The number of aryl methyl sites for hydroxylation is 3. The molecule has 0 atom stereocenters. The van der Waals surface area contributed by atoms with Gasteiger partial charge in [0.2, 0.25) is 6.79 Å². The van der Waals surface area contributed by atoms with E-state index < -0.39 is 0 Å². The third kappa shape index (κ3) is 7.74. The molecule has 376 valence electrons. The van der Waals surface area contributed by atoms with Gasteiger partial charge in [0.05, 0.1) is 11.4 Å². The summed E-state index contributed by atoms with van der Waals surface area (Å²) >= 11 is 0. The number of fused-ring (bicyclic) bond motifs is 9. The SMILES string of the molecule is Cc1cc2c3c(c1)N(c1c(C)cc(C(C)(C)C)cc1C)c1c(ccc4c1OCO4)B3c1ccc(-c3ccc4c(c3)oc3ccccc34)cc1N2c1cc(-c2ccc(C(C)(C)C)cc2)cc(-c2ccc(C(C)(C)C)cc2)c1. The van der Waals surface area contributed by atoms with E-state index in [2.05, 4.69) is 251 Å². The largest absolute Gasteiger partial charge is 0.456 e. The van der Waals surface area contributed by atoms with E-state index in [0.717, 1.165) is 84.1 Å². The number of hydrogen-bond donors (Lipinski definition) is 0. The van der Waals surface area contributed by atoms with E-state index in [1.807, 2.05) is 6.07 Å². The molecule has 0 N–H and O–H groups in total. The molecule has 6 heteroatoms. The smallest absolute Gasteiger partial charge is 0.252 e. The fourth-order valence-corrected chi connectivity index (χ4v) is 12.3. The molecule has 0 radical (unpaired) electrons. The maximum atomic E-state index is 6.58. The third-order valence-corrected chi connectivity index (χ3v) is 16.3. The quantitative estimate of drug-likeness (QED) is 0.161. The fraction of sp³-hybridized carbons (Fsp3) is 0.229. The highest BCUT2D eigenvalue weighted by Gasteiger charge is 2.46. The Morgan fingerprint density at radius 2 is 0.974 bits per heavy atom. The van der Waals surface area contributed by atoms with Crippen molar-refractivity contribution >= 4 is 79.2 Å². The van der Waals surface area contributed by atoms with Crippen LogP contribution >= 0.6 is 0 Å². The van der Waals surface area contributed by atoms with Gasteiger partial charge in [-0.2, -0.15) is 0 Å². The third-order valence-electron chi connectivity index (χ3n) is 16.3. The van der Waals surface area contributed by atoms with Crippen molar-refractivity contribution in [2.75, 3.05) is 16.6 Å². The molecule has 0 spiro atoms. The first kappa shape index (κ1) is 47.7. The first-order valence-corrected chi connectivity index (χ1v) is 27.0. The summed E-state index contributed by atoms with van der Waals surface area (Å²) in [6, 6.07) is 61.8. The Morgan fingerprint density at radius 3 is 1.61 bits per heavy atom. The summed E-state index contributed by atoms with van der Waals surface area (Å²) in [5, 5.41) is 2.24. The molecule has 9 aromatic carbocycles. The predicted molar refractivity (Wildman–Crippen MR) is 320 cm³/mol. The summed E-state index contributed by atoms with van der Waals surface area (Å²) < 4.78 is 19.3. The number of hydrogen-bond acceptors (Lipinski definition) is 5. The van der Waals surface area contributed by atoms with Crippen LogP contribution in [-0.2, 0) is 16.2 Å². The molecule has 4 heterocycles. The minimum Gasteiger partial charge on any atom is -0.456 e. The second-order valence-corrected chi connectivity index (χ2v) is 24.8. The maximum Gasteiger partial charge on any atom is 0.252 e. The number of benzene rings is 9. The van der Waals surface area contributed by atoms with Crippen molar-refractivity contribution in [3.63, 3.8) is 0 Å². The number of nitrogens with zero attached hydrogens (tertiary/aromatic N) is 2. The average Bonchev–Trinajstić information content (AvgIpc) is 4.10. The maximum absolute atomic E-state index is 6.58. The zero-order valence-corrected chi connectivity index (χ0v) is 46.0. The van der Waals surface area contributed by atoms with Crippen LogP contribution in [0.15, 0.2) is 168 Å². The van der Waals surface area contributed by atoms with Crippen molar-refractivity contribution in [3.8, 4) is 44.9 Å². The van der Waals surface area contributed by atoms with Gasteiger partial charge in [-0.3, -0.25) is 0 Å². The zero-order chi connectivity index (χ0) is 52.7. The summed E-state index contributed by atoms with van der Waals surface area (Å²) in [5.41, 5.74) is 26.6. The molecule has 1 aromatic heterocycles. The minimum atomic E-state index is -0.128. The predicted octanol–water partition coefficient (Wildman–Crippen LogP) is 17.2. The van der Waals surface area contributed by atoms with E-state index in [9.17, 15) is 0 Å². The molecule has 13 rings (SSSR count). The molecule has 10 aromatic rings. The van der Waals surface area contributed by atoms with E-state index in [4.69, 9.17) is 13.9 Å². The Hall–Kier alpha value is -7.96. The Labute approximate surface area is 448 Å². The first-order chi connectivity index (χ1) is 36.3. The number of furan rings is 1. The molecule has 3 aliphatic heterocycles. The van der Waals surface area contributed by atoms with Crippen molar-refractivity contribution in [2.45, 2.75) is 99.3 Å². The first-order valence-electron chi connectivity index (χ1n) is 27.0. The average molecular weight is 993 g/mol. The van der Waals surface area contributed by atoms with Gasteiger partial charge in [-0.05, 0) is 181 Å². The van der Waals surface area contributed by atoms with E-state index in [0.29, 0.717) is 0 Å². The lowest BCUT2D eigenvalue weighted by Gasteiger charge is -2.45. The van der Waals surface area contributed by atoms with E-state index in [1.165, 1.54) is 66.6 Å². The number of ether oxygens (including phenoxy) is 2. The van der Waals surface area contributed by atoms with Gasteiger partial charge in [-0.1, -0.05) is 165 Å². The molecular weight excluding hydrogens is 928 g/mol. The Bertz CT molecular complexity index is 3910. The monoisotopic (exact) mass is 993 g/mol. The zero-order valence-electron chi connectivity index (χ0n) is 46.0. The van der Waals surface area contributed by atoms with Crippen LogP contribution < -0.4 is 35.7 Å². The Kier molecular flexibility index (Phi) is 10.7. The molecule has 5 nitrogen and oxygen atoms in total. The molecule has 0 amide bonds. The van der Waals surface area contributed by atoms with Gasteiger partial charge in [0.1, 0.15) is 11.2 Å². The van der Waals surface area contributed by atoms with Crippen molar-refractivity contribution < 1.29 is 13.9 Å². The summed E-state index contributed by atoms with van der Waals surface area (Å²) in [4.78, 5) is 5.08. The highest BCUT2D eigenvalue weighted by atomic mass is 16.7. The molecular formula is C70H65BN2O3. The van der Waals surface area contributed by atoms with E-state index in [-0.39, 0.29) is 29.8 Å². The van der Waals surface area contributed by atoms with Crippen LogP contribution in [-0.4, -0.2) is 13.5 Å². The molecule has 0 saturated heterocycles. The van der Waals surface area contributed by atoms with Gasteiger partial charge in [0.25, 0.3) is 6.71 Å². The summed E-state index contributed by atoms with van der Waals surface area (Å²) in [6.07, 6.45) is 0. The normalized spacial score (nSPS) is 13.9. The van der Waals surface area contributed by atoms with Crippen LogP contribution in [0.25, 0.3) is 55.3 Å². The molecule has 0 fully saturated rings. The van der Waals surface area contributed by atoms with Crippen LogP contribution in [0, 0.1) is 20.8 Å². The van der Waals surface area contributed by atoms with Gasteiger partial charge >= 0.3 is 0 Å². The molecule has 3 aliphatic rings. The standard InChI is InChI=1S/C70H65BN2O3/c1-41-31-59-64-60(32-41)73(65-42(2)33-52(34-43(65)3)70(10,11)12)66-57(29-30-62-67(66)75-40-74-62)71(64)56-28-22-46(47-21-27-55-54-15-13-14-16-61(54)76-63(55)39-47)38-58(56)72(59)53-36-48(44-17-23-50(24-18-44)68(4,5)6)35-49(37-53)45-19-25-51(26-20-45)69(7,8)9/h13-39H,40H2,1-12H3. The lowest BCUT2D eigenvalue weighted by molar-refractivity contribution is 0.174. The Morgan fingerprint density at radius 1 is 0.421 bits per heavy atom. The van der Waals surface area contributed by atoms with Crippen LogP contribution in [0.3, 0.4) is 0 Å². The lowest BCUT2D eigenvalue weighted by atomic mass is 9.33. The molecule has 0 saturated carbocycles. The van der Waals surface area contributed by atoms with Crippen LogP contribution in [0.5, 0.6) is 11.5 Å². The fourth-order valence-electron chi connectivity index (χ4n) is 12.3. The van der Waals surface area contributed by atoms with Gasteiger partial charge in [-0.15, -0.1) is 0 Å². The number of anilines is 6.